The Labute approximate surface area is 126 Å². The number of carbonyl (C=O) groups is 1. The van der Waals surface area contributed by atoms with Crippen molar-refractivity contribution in [1.29, 1.82) is 0 Å². The Morgan fingerprint density at radius 2 is 2.19 bits per heavy atom. The molecule has 1 saturated heterocycles. The van der Waals surface area contributed by atoms with Crippen LogP contribution >= 0.6 is 0 Å². The van der Waals surface area contributed by atoms with Crippen LogP contribution in [0.25, 0.3) is 0 Å². The average molecular weight is 291 g/mol. The molecule has 0 amide bonds. The molecule has 0 spiro atoms. The monoisotopic (exact) mass is 291 g/mol. The molecule has 3 N–H and O–H groups in total. The fraction of sp³-hybridized carbons (Fsp3) is 0.562. The van der Waals surface area contributed by atoms with E-state index in [-0.39, 0.29) is 12.3 Å². The van der Waals surface area contributed by atoms with Crippen LogP contribution in [0.4, 0.5) is 0 Å². The lowest BCUT2D eigenvalue weighted by atomic mass is 10.1. The van der Waals surface area contributed by atoms with E-state index in [1.165, 1.54) is 25.9 Å². The molecular formula is C16H25N3O2. The maximum Gasteiger partial charge on any atom is 0.161 e. The van der Waals surface area contributed by atoms with E-state index in [4.69, 9.17) is 10.5 Å². The first-order chi connectivity index (χ1) is 10.2. The third-order valence-corrected chi connectivity index (χ3v) is 3.83. The zero-order chi connectivity index (χ0) is 15.1. The minimum atomic E-state index is 0.0722. The number of carbonyl (C=O) groups excluding carboxylic acids is 1. The molecule has 5 heteroatoms. The summed E-state index contributed by atoms with van der Waals surface area (Å²) in [6.45, 7) is 6.05. The van der Waals surface area contributed by atoms with E-state index in [0.717, 1.165) is 18.0 Å². The number of likely N-dealkylation sites (tertiary alicyclic amines) is 1. The number of ether oxygens (including phenoxy) is 1. The van der Waals surface area contributed by atoms with Crippen LogP contribution in [0, 0.1) is 0 Å². The van der Waals surface area contributed by atoms with Gasteiger partial charge < -0.3 is 15.8 Å². The predicted molar refractivity (Wildman–Crippen MR) is 83.4 cm³/mol. The largest absolute Gasteiger partial charge is 0.492 e. The molecule has 2 heterocycles. The lowest BCUT2D eigenvalue weighted by molar-refractivity contribution is -0.115. The fourth-order valence-corrected chi connectivity index (χ4v) is 2.60. The normalized spacial score (nSPS) is 21.0. The molecule has 0 radical (unpaired) electrons. The van der Waals surface area contributed by atoms with E-state index in [9.17, 15) is 4.79 Å². The van der Waals surface area contributed by atoms with Crippen molar-refractivity contribution < 1.29 is 9.53 Å². The molecule has 116 valence electrons. The Kier molecular flexibility index (Phi) is 6.02. The first kappa shape index (κ1) is 15.8. The van der Waals surface area contributed by atoms with Gasteiger partial charge >= 0.3 is 0 Å². The number of allylic oxidation sites excluding steroid dienone is 2. The second kappa shape index (κ2) is 8.00. The minimum absolute atomic E-state index is 0.0722. The molecule has 0 aromatic rings. The summed E-state index contributed by atoms with van der Waals surface area (Å²) in [5.74, 6) is 0.848. The third kappa shape index (κ3) is 4.44. The van der Waals surface area contributed by atoms with Crippen LogP contribution in [-0.2, 0) is 9.53 Å². The number of dihydropyridines is 1. The molecular weight excluding hydrogens is 266 g/mol. The second-order valence-electron chi connectivity index (χ2n) is 5.29. The summed E-state index contributed by atoms with van der Waals surface area (Å²) >= 11 is 0. The summed E-state index contributed by atoms with van der Waals surface area (Å²) < 4.78 is 5.79. The zero-order valence-corrected chi connectivity index (χ0v) is 12.7. The summed E-state index contributed by atoms with van der Waals surface area (Å²) in [5.41, 5.74) is 7.07. The Morgan fingerprint density at radius 1 is 1.43 bits per heavy atom. The molecule has 0 aliphatic carbocycles. The topological polar surface area (TPSA) is 67.6 Å². The molecule has 0 bridgehead atoms. The minimum Gasteiger partial charge on any atom is -0.492 e. The molecule has 21 heavy (non-hydrogen) atoms. The van der Waals surface area contributed by atoms with Crippen molar-refractivity contribution in [2.24, 2.45) is 5.73 Å². The van der Waals surface area contributed by atoms with Crippen LogP contribution in [0.3, 0.4) is 0 Å². The van der Waals surface area contributed by atoms with Crippen molar-refractivity contribution >= 4 is 5.78 Å². The standard InChI is InChI=1S/C16H25N3O2/c1-2-16(20)14(12-17)15-11-13(5-6-18-15)21-10-9-19-7-3-4-8-19/h5-6,11,18H,2-4,7-10,12,17H2,1H3/b15-14+. The molecule has 2 aliphatic heterocycles. The average Bonchev–Trinajstić information content (AvgIpc) is 3.01. The van der Waals surface area contributed by atoms with E-state index < -0.39 is 0 Å². The zero-order valence-electron chi connectivity index (χ0n) is 12.7. The fourth-order valence-electron chi connectivity index (χ4n) is 2.60. The predicted octanol–water partition coefficient (Wildman–Crippen LogP) is 1.29. The summed E-state index contributed by atoms with van der Waals surface area (Å²) in [4.78, 5) is 14.3. The lowest BCUT2D eigenvalue weighted by Gasteiger charge is -2.18. The van der Waals surface area contributed by atoms with Crippen LogP contribution in [0.15, 0.2) is 35.4 Å². The van der Waals surface area contributed by atoms with E-state index in [2.05, 4.69) is 10.2 Å². The highest BCUT2D eigenvalue weighted by molar-refractivity contribution is 5.96. The first-order valence-corrected chi connectivity index (χ1v) is 7.71. The lowest BCUT2D eigenvalue weighted by Crippen LogP contribution is -2.24. The van der Waals surface area contributed by atoms with Gasteiger partial charge in [-0.2, -0.15) is 0 Å². The van der Waals surface area contributed by atoms with Crippen molar-refractivity contribution in [2.75, 3.05) is 32.8 Å². The van der Waals surface area contributed by atoms with Gasteiger partial charge in [-0.3, -0.25) is 9.69 Å². The Morgan fingerprint density at radius 3 is 2.86 bits per heavy atom. The summed E-state index contributed by atoms with van der Waals surface area (Å²) in [6, 6.07) is 0. The van der Waals surface area contributed by atoms with Crippen molar-refractivity contribution in [3.8, 4) is 0 Å². The van der Waals surface area contributed by atoms with E-state index in [0.29, 0.717) is 18.6 Å². The van der Waals surface area contributed by atoms with Gasteiger partial charge in [0.1, 0.15) is 12.4 Å². The second-order valence-corrected chi connectivity index (χ2v) is 5.29. The molecule has 0 aromatic heterocycles. The van der Waals surface area contributed by atoms with Gasteiger partial charge in [-0.1, -0.05) is 6.92 Å². The quantitative estimate of drug-likeness (QED) is 0.692. The number of rotatable bonds is 7. The van der Waals surface area contributed by atoms with Crippen LogP contribution < -0.4 is 11.1 Å². The van der Waals surface area contributed by atoms with Crippen molar-refractivity contribution in [1.82, 2.24) is 10.2 Å². The molecule has 0 saturated carbocycles. The number of nitrogens with one attached hydrogen (secondary N) is 1. The molecule has 5 nitrogen and oxygen atoms in total. The van der Waals surface area contributed by atoms with Gasteiger partial charge in [-0.25, -0.2) is 0 Å². The molecule has 2 rings (SSSR count). The molecule has 0 atom stereocenters. The van der Waals surface area contributed by atoms with E-state index in [1.807, 2.05) is 19.1 Å². The van der Waals surface area contributed by atoms with Gasteiger partial charge in [0, 0.05) is 43.1 Å². The van der Waals surface area contributed by atoms with Gasteiger partial charge in [0.05, 0.1) is 0 Å². The molecule has 0 unspecified atom stereocenters. The van der Waals surface area contributed by atoms with Gasteiger partial charge in [0.15, 0.2) is 5.78 Å². The molecule has 1 fully saturated rings. The van der Waals surface area contributed by atoms with Crippen LogP contribution in [0.1, 0.15) is 26.2 Å². The maximum absolute atomic E-state index is 11.9. The number of Topliss-reactive ketones (excluding diaryl/α,β-unsaturated/α-hetero) is 1. The van der Waals surface area contributed by atoms with Crippen molar-refractivity contribution in [3.05, 3.63) is 35.4 Å². The third-order valence-electron chi connectivity index (χ3n) is 3.83. The van der Waals surface area contributed by atoms with Crippen LogP contribution in [0.5, 0.6) is 0 Å². The number of ketones is 1. The van der Waals surface area contributed by atoms with Gasteiger partial charge in [-0.15, -0.1) is 0 Å². The highest BCUT2D eigenvalue weighted by atomic mass is 16.5. The Bertz CT molecular complexity index is 460. The van der Waals surface area contributed by atoms with E-state index in [1.54, 1.807) is 6.20 Å². The van der Waals surface area contributed by atoms with E-state index >= 15 is 0 Å². The van der Waals surface area contributed by atoms with Gasteiger partial charge in [0.25, 0.3) is 0 Å². The highest BCUT2D eigenvalue weighted by Crippen LogP contribution is 2.14. The summed E-state index contributed by atoms with van der Waals surface area (Å²) in [7, 11) is 0. The SMILES string of the molecule is CCC(=O)/C(CN)=C1\C=C(OCCN2CCCC2)C=CN1. The summed E-state index contributed by atoms with van der Waals surface area (Å²) in [6.07, 6.45) is 8.56. The molecule has 0 aromatic carbocycles. The maximum atomic E-state index is 11.9. The highest BCUT2D eigenvalue weighted by Gasteiger charge is 2.14. The van der Waals surface area contributed by atoms with Gasteiger partial charge in [0.2, 0.25) is 0 Å². The smallest absolute Gasteiger partial charge is 0.161 e. The first-order valence-electron chi connectivity index (χ1n) is 7.71. The van der Waals surface area contributed by atoms with Crippen molar-refractivity contribution in [2.45, 2.75) is 26.2 Å². The number of hydrogen-bond donors (Lipinski definition) is 2. The number of nitrogens with zero attached hydrogens (tertiary/aromatic N) is 1. The van der Waals surface area contributed by atoms with Gasteiger partial charge in [-0.05, 0) is 32.0 Å². The van der Waals surface area contributed by atoms with Crippen LogP contribution in [-0.4, -0.2) is 43.5 Å². The number of nitrogens with two attached hydrogens (primary N) is 1. The van der Waals surface area contributed by atoms with Crippen LogP contribution in [0.2, 0.25) is 0 Å². The number of hydrogen-bond acceptors (Lipinski definition) is 5. The van der Waals surface area contributed by atoms with Crippen molar-refractivity contribution in [3.63, 3.8) is 0 Å². The summed E-state index contributed by atoms with van der Waals surface area (Å²) in [5, 5.41) is 3.08. The Balaban J connectivity index is 1.94. The molecule has 2 aliphatic rings. The Hall–Kier alpha value is -1.59.